The molecule has 0 radical (unpaired) electrons. The maximum Gasteiger partial charge on any atom is 0.186 e. The summed E-state index contributed by atoms with van der Waals surface area (Å²) < 4.78 is 0. The second kappa shape index (κ2) is 4.07. The van der Waals surface area contributed by atoms with Gasteiger partial charge >= 0.3 is 0 Å². The van der Waals surface area contributed by atoms with Crippen molar-refractivity contribution in [3.63, 3.8) is 0 Å². The van der Waals surface area contributed by atoms with Gasteiger partial charge < -0.3 is 4.90 Å². The number of thiazole rings is 1. The summed E-state index contributed by atoms with van der Waals surface area (Å²) in [5.74, 6) is 0.497. The summed E-state index contributed by atoms with van der Waals surface area (Å²) >= 11 is 7.43. The number of hydrogen-bond acceptors (Lipinski definition) is 3. The van der Waals surface area contributed by atoms with E-state index in [1.807, 2.05) is 5.38 Å². The topological polar surface area (TPSA) is 16.1 Å². The van der Waals surface area contributed by atoms with Crippen LogP contribution in [0.2, 0.25) is 0 Å². The number of aromatic nitrogens is 1. The molecule has 0 saturated carbocycles. The number of fused-ring (bicyclic) bond motifs is 1. The Hall–Kier alpha value is -1.06. The van der Waals surface area contributed by atoms with E-state index in [0.717, 1.165) is 23.9 Å². The number of benzene rings is 1. The van der Waals surface area contributed by atoms with Crippen molar-refractivity contribution in [2.45, 2.75) is 19.0 Å². The third kappa shape index (κ3) is 1.70. The largest absolute Gasteiger partial charge is 0.339 e. The zero-order valence-electron chi connectivity index (χ0n) is 8.69. The van der Waals surface area contributed by atoms with Crippen LogP contribution in [0.1, 0.15) is 16.8 Å². The molecular formula is C12H11ClN2S. The summed E-state index contributed by atoms with van der Waals surface area (Å²) in [5.41, 5.74) is 3.79. The second-order valence-corrected chi connectivity index (χ2v) is 4.98. The van der Waals surface area contributed by atoms with Gasteiger partial charge in [-0.1, -0.05) is 24.3 Å². The predicted octanol–water partition coefficient (Wildman–Crippen LogP) is 3.40. The smallest absolute Gasteiger partial charge is 0.186 e. The molecule has 0 spiro atoms. The maximum atomic E-state index is 5.76. The Morgan fingerprint density at radius 1 is 1.25 bits per heavy atom. The zero-order chi connectivity index (χ0) is 11.0. The number of hydrogen-bond donors (Lipinski definition) is 0. The normalized spacial score (nSPS) is 14.2. The summed E-state index contributed by atoms with van der Waals surface area (Å²) in [7, 11) is 0. The third-order valence-electron chi connectivity index (χ3n) is 2.79. The van der Waals surface area contributed by atoms with Gasteiger partial charge in [-0.25, -0.2) is 4.98 Å². The summed E-state index contributed by atoms with van der Waals surface area (Å²) in [4.78, 5) is 6.80. The van der Waals surface area contributed by atoms with E-state index in [1.165, 1.54) is 11.1 Å². The molecule has 4 heteroatoms. The van der Waals surface area contributed by atoms with Crippen molar-refractivity contribution in [2.75, 3.05) is 4.90 Å². The van der Waals surface area contributed by atoms with E-state index in [4.69, 9.17) is 11.6 Å². The van der Waals surface area contributed by atoms with Gasteiger partial charge in [0, 0.05) is 18.5 Å². The molecule has 1 aromatic carbocycles. The predicted molar refractivity (Wildman–Crippen MR) is 68.0 cm³/mol. The Balaban J connectivity index is 1.85. The number of rotatable bonds is 2. The second-order valence-electron chi connectivity index (χ2n) is 3.88. The van der Waals surface area contributed by atoms with Crippen LogP contribution in [-0.2, 0) is 19.0 Å². The van der Waals surface area contributed by atoms with Crippen molar-refractivity contribution in [2.24, 2.45) is 0 Å². The molecule has 16 heavy (non-hydrogen) atoms. The molecule has 2 nitrogen and oxygen atoms in total. The number of anilines is 1. The number of halogens is 1. The van der Waals surface area contributed by atoms with Crippen LogP contribution in [0.15, 0.2) is 29.6 Å². The lowest BCUT2D eigenvalue weighted by atomic mass is 10.1. The molecule has 2 heterocycles. The molecule has 0 unspecified atom stereocenters. The molecule has 0 aliphatic carbocycles. The van der Waals surface area contributed by atoms with Crippen LogP contribution in [0.4, 0.5) is 5.13 Å². The first-order valence-electron chi connectivity index (χ1n) is 5.19. The van der Waals surface area contributed by atoms with Crippen molar-refractivity contribution in [3.05, 3.63) is 46.5 Å². The Morgan fingerprint density at radius 2 is 1.94 bits per heavy atom. The Bertz CT molecular complexity index is 484. The zero-order valence-corrected chi connectivity index (χ0v) is 10.3. The lowest BCUT2D eigenvalue weighted by molar-refractivity contribution is 0.869. The summed E-state index contributed by atoms with van der Waals surface area (Å²) in [6, 6.07) is 8.56. The van der Waals surface area contributed by atoms with E-state index in [2.05, 4.69) is 34.1 Å². The summed E-state index contributed by atoms with van der Waals surface area (Å²) in [6.45, 7) is 1.93. The molecule has 1 aromatic heterocycles. The molecule has 0 amide bonds. The first-order valence-corrected chi connectivity index (χ1v) is 6.60. The van der Waals surface area contributed by atoms with Crippen LogP contribution < -0.4 is 4.90 Å². The quantitative estimate of drug-likeness (QED) is 0.760. The molecule has 2 aromatic rings. The van der Waals surface area contributed by atoms with Crippen molar-refractivity contribution in [3.8, 4) is 0 Å². The molecule has 82 valence electrons. The van der Waals surface area contributed by atoms with Crippen LogP contribution in [0.25, 0.3) is 0 Å². The molecule has 3 rings (SSSR count). The average Bonchev–Trinajstić information content (AvgIpc) is 2.95. The van der Waals surface area contributed by atoms with E-state index in [0.29, 0.717) is 5.88 Å². The van der Waals surface area contributed by atoms with Crippen molar-refractivity contribution >= 4 is 28.1 Å². The van der Waals surface area contributed by atoms with Crippen molar-refractivity contribution in [1.29, 1.82) is 0 Å². The third-order valence-corrected chi connectivity index (χ3v) is 4.01. The lowest BCUT2D eigenvalue weighted by Gasteiger charge is -2.12. The lowest BCUT2D eigenvalue weighted by Crippen LogP contribution is -2.14. The summed E-state index contributed by atoms with van der Waals surface area (Å²) in [5, 5.41) is 3.11. The fourth-order valence-corrected chi connectivity index (χ4v) is 3.03. The van der Waals surface area contributed by atoms with Gasteiger partial charge in [-0.15, -0.1) is 22.9 Å². The van der Waals surface area contributed by atoms with Crippen LogP contribution in [0.5, 0.6) is 0 Å². The molecule has 0 fully saturated rings. The fourth-order valence-electron chi connectivity index (χ4n) is 1.97. The minimum atomic E-state index is 0.497. The van der Waals surface area contributed by atoms with E-state index >= 15 is 0 Å². The highest BCUT2D eigenvalue weighted by Crippen LogP contribution is 2.30. The fraction of sp³-hybridized carbons (Fsp3) is 0.250. The molecule has 0 saturated heterocycles. The van der Waals surface area contributed by atoms with Gasteiger partial charge in [0.05, 0.1) is 11.6 Å². The van der Waals surface area contributed by atoms with Gasteiger partial charge in [-0.3, -0.25) is 0 Å². The highest BCUT2D eigenvalue weighted by Gasteiger charge is 2.20. The highest BCUT2D eigenvalue weighted by molar-refractivity contribution is 7.13. The van der Waals surface area contributed by atoms with Gasteiger partial charge in [0.25, 0.3) is 0 Å². The van der Waals surface area contributed by atoms with Crippen LogP contribution in [0, 0.1) is 0 Å². The first kappa shape index (κ1) is 10.1. The van der Waals surface area contributed by atoms with Crippen molar-refractivity contribution < 1.29 is 0 Å². The van der Waals surface area contributed by atoms with Gasteiger partial charge in [0.2, 0.25) is 0 Å². The minimum Gasteiger partial charge on any atom is -0.339 e. The van der Waals surface area contributed by atoms with Gasteiger partial charge in [-0.2, -0.15) is 0 Å². The summed E-state index contributed by atoms with van der Waals surface area (Å²) in [6.07, 6.45) is 0. The van der Waals surface area contributed by atoms with E-state index < -0.39 is 0 Å². The Kier molecular flexibility index (Phi) is 2.58. The molecule has 0 atom stereocenters. The minimum absolute atomic E-state index is 0.497. The first-order chi connectivity index (χ1) is 7.86. The number of nitrogens with zero attached hydrogens (tertiary/aromatic N) is 2. The Labute approximate surface area is 104 Å². The average molecular weight is 251 g/mol. The van der Waals surface area contributed by atoms with Gasteiger partial charge in [0.1, 0.15) is 0 Å². The van der Waals surface area contributed by atoms with Crippen LogP contribution in [0.3, 0.4) is 0 Å². The van der Waals surface area contributed by atoms with Crippen LogP contribution in [-0.4, -0.2) is 4.98 Å². The van der Waals surface area contributed by atoms with Crippen LogP contribution >= 0.6 is 22.9 Å². The number of alkyl halides is 1. The molecule has 0 N–H and O–H groups in total. The van der Waals surface area contributed by atoms with E-state index in [-0.39, 0.29) is 0 Å². The molecule has 1 aliphatic rings. The SMILES string of the molecule is ClCc1csc(N2Cc3ccccc3C2)n1. The van der Waals surface area contributed by atoms with E-state index in [1.54, 1.807) is 11.3 Å². The standard InChI is InChI=1S/C12H11ClN2S/c13-5-11-8-16-12(14-11)15-6-9-3-1-2-4-10(9)7-15/h1-4,8H,5-7H2. The monoisotopic (exact) mass is 250 g/mol. The van der Waals surface area contributed by atoms with Crippen molar-refractivity contribution in [1.82, 2.24) is 4.98 Å². The molecule has 0 bridgehead atoms. The van der Waals surface area contributed by atoms with Gasteiger partial charge in [-0.05, 0) is 11.1 Å². The molecular weight excluding hydrogens is 240 g/mol. The van der Waals surface area contributed by atoms with Gasteiger partial charge in [0.15, 0.2) is 5.13 Å². The highest BCUT2D eigenvalue weighted by atomic mass is 35.5. The van der Waals surface area contributed by atoms with E-state index in [9.17, 15) is 0 Å². The Morgan fingerprint density at radius 3 is 2.50 bits per heavy atom. The maximum absolute atomic E-state index is 5.76. The molecule has 1 aliphatic heterocycles.